The minimum Gasteiger partial charge on any atom is -0.383 e. The summed E-state index contributed by atoms with van der Waals surface area (Å²) in [6.07, 6.45) is 1.65. The maximum Gasteiger partial charge on any atom is 0.272 e. The standard InChI is InChI=1S/C15H22N4O3/c1-12(20)18-6-8-19(9-7-18)15(21)14-4-3-13(11-17-14)16-5-10-22-2/h3-4,11,16H,5-10H2,1-2H3. The van der Waals surface area contributed by atoms with Gasteiger partial charge in [0, 0.05) is 46.8 Å². The molecule has 7 nitrogen and oxygen atoms in total. The third kappa shape index (κ3) is 4.17. The summed E-state index contributed by atoms with van der Waals surface area (Å²) < 4.78 is 4.96. The highest BCUT2D eigenvalue weighted by Gasteiger charge is 2.23. The van der Waals surface area contributed by atoms with Gasteiger partial charge < -0.3 is 19.9 Å². The molecule has 0 atom stereocenters. The molecule has 0 aliphatic carbocycles. The van der Waals surface area contributed by atoms with Crippen LogP contribution in [0.1, 0.15) is 17.4 Å². The lowest BCUT2D eigenvalue weighted by atomic mass is 10.2. The van der Waals surface area contributed by atoms with Crippen LogP contribution in [0.5, 0.6) is 0 Å². The van der Waals surface area contributed by atoms with Crippen molar-refractivity contribution in [2.24, 2.45) is 0 Å². The number of rotatable bonds is 5. The van der Waals surface area contributed by atoms with Gasteiger partial charge in [-0.25, -0.2) is 4.98 Å². The van der Waals surface area contributed by atoms with E-state index in [1.807, 2.05) is 6.07 Å². The van der Waals surface area contributed by atoms with Gasteiger partial charge in [0.1, 0.15) is 5.69 Å². The molecule has 0 radical (unpaired) electrons. The van der Waals surface area contributed by atoms with Crippen LogP contribution in [0.15, 0.2) is 18.3 Å². The highest BCUT2D eigenvalue weighted by atomic mass is 16.5. The van der Waals surface area contributed by atoms with Crippen LogP contribution < -0.4 is 5.32 Å². The molecule has 120 valence electrons. The van der Waals surface area contributed by atoms with Crippen molar-refractivity contribution in [3.8, 4) is 0 Å². The average Bonchev–Trinajstić information content (AvgIpc) is 2.55. The van der Waals surface area contributed by atoms with Crippen LogP contribution in [0, 0.1) is 0 Å². The minimum absolute atomic E-state index is 0.0525. The zero-order valence-electron chi connectivity index (χ0n) is 13.0. The number of hydrogen-bond donors (Lipinski definition) is 1. The Labute approximate surface area is 130 Å². The molecular weight excluding hydrogens is 284 g/mol. The first kappa shape index (κ1) is 16.2. The van der Waals surface area contributed by atoms with Crippen LogP contribution in [0.2, 0.25) is 0 Å². The molecule has 1 aliphatic rings. The maximum absolute atomic E-state index is 12.4. The second-order valence-corrected chi connectivity index (χ2v) is 5.15. The van der Waals surface area contributed by atoms with Crippen LogP contribution in [0.3, 0.4) is 0 Å². The van der Waals surface area contributed by atoms with E-state index in [2.05, 4.69) is 10.3 Å². The van der Waals surface area contributed by atoms with E-state index in [9.17, 15) is 9.59 Å². The summed E-state index contributed by atoms with van der Waals surface area (Å²) in [5.41, 5.74) is 1.28. The number of anilines is 1. The summed E-state index contributed by atoms with van der Waals surface area (Å²) in [4.78, 5) is 31.4. The normalized spacial score (nSPS) is 14.8. The first-order valence-electron chi connectivity index (χ1n) is 7.35. The van der Waals surface area contributed by atoms with E-state index in [1.54, 1.807) is 36.1 Å². The average molecular weight is 306 g/mol. The minimum atomic E-state index is -0.0911. The second kappa shape index (κ2) is 7.74. The number of aromatic nitrogens is 1. The first-order chi connectivity index (χ1) is 10.6. The first-order valence-corrected chi connectivity index (χ1v) is 7.35. The largest absolute Gasteiger partial charge is 0.383 e. The molecule has 2 amide bonds. The van der Waals surface area contributed by atoms with Gasteiger partial charge in [0.25, 0.3) is 5.91 Å². The summed E-state index contributed by atoms with van der Waals surface area (Å²) in [5, 5.41) is 3.15. The van der Waals surface area contributed by atoms with Gasteiger partial charge in [-0.2, -0.15) is 0 Å². The van der Waals surface area contributed by atoms with Crippen molar-refractivity contribution in [2.75, 3.05) is 51.8 Å². The highest BCUT2D eigenvalue weighted by molar-refractivity contribution is 5.92. The summed E-state index contributed by atoms with van der Waals surface area (Å²) in [6, 6.07) is 3.55. The number of carbonyl (C=O) groups is 2. The molecule has 1 saturated heterocycles. The van der Waals surface area contributed by atoms with E-state index in [0.717, 1.165) is 5.69 Å². The van der Waals surface area contributed by atoms with E-state index in [4.69, 9.17) is 4.74 Å². The monoisotopic (exact) mass is 306 g/mol. The number of amides is 2. The Balaban J connectivity index is 1.89. The van der Waals surface area contributed by atoms with Crippen LogP contribution in [-0.4, -0.2) is 73.0 Å². The lowest BCUT2D eigenvalue weighted by molar-refractivity contribution is -0.130. The van der Waals surface area contributed by atoms with Crippen molar-refractivity contribution >= 4 is 17.5 Å². The molecule has 0 unspecified atom stereocenters. The van der Waals surface area contributed by atoms with Gasteiger partial charge in [-0.3, -0.25) is 9.59 Å². The van der Waals surface area contributed by atoms with Gasteiger partial charge in [0.2, 0.25) is 5.91 Å². The molecule has 22 heavy (non-hydrogen) atoms. The molecule has 1 fully saturated rings. The van der Waals surface area contributed by atoms with Crippen LogP contribution >= 0.6 is 0 Å². The Morgan fingerprint density at radius 2 is 1.91 bits per heavy atom. The fourth-order valence-corrected chi connectivity index (χ4v) is 2.31. The van der Waals surface area contributed by atoms with E-state index in [-0.39, 0.29) is 11.8 Å². The van der Waals surface area contributed by atoms with E-state index in [1.165, 1.54) is 0 Å². The lowest BCUT2D eigenvalue weighted by Gasteiger charge is -2.34. The summed E-state index contributed by atoms with van der Waals surface area (Å²) in [7, 11) is 1.65. The van der Waals surface area contributed by atoms with Gasteiger partial charge in [-0.1, -0.05) is 0 Å². The van der Waals surface area contributed by atoms with Crippen molar-refractivity contribution in [3.63, 3.8) is 0 Å². The summed E-state index contributed by atoms with van der Waals surface area (Å²) in [6.45, 7) is 5.12. The molecule has 1 aliphatic heterocycles. The number of ether oxygens (including phenoxy) is 1. The number of hydrogen-bond acceptors (Lipinski definition) is 5. The Hall–Kier alpha value is -2.15. The third-order valence-electron chi connectivity index (χ3n) is 3.63. The van der Waals surface area contributed by atoms with E-state index in [0.29, 0.717) is 45.0 Å². The third-order valence-corrected chi connectivity index (χ3v) is 3.63. The number of methoxy groups -OCH3 is 1. The Morgan fingerprint density at radius 1 is 1.23 bits per heavy atom. The smallest absolute Gasteiger partial charge is 0.272 e. The zero-order valence-corrected chi connectivity index (χ0v) is 13.0. The maximum atomic E-state index is 12.4. The lowest BCUT2D eigenvalue weighted by Crippen LogP contribution is -2.50. The SMILES string of the molecule is COCCNc1ccc(C(=O)N2CCN(C(C)=O)CC2)nc1. The number of nitrogens with one attached hydrogen (secondary N) is 1. The number of piperazine rings is 1. The van der Waals surface area contributed by atoms with Gasteiger partial charge in [0.15, 0.2) is 0 Å². The van der Waals surface area contributed by atoms with Crippen molar-refractivity contribution in [1.29, 1.82) is 0 Å². The molecule has 1 aromatic rings. The number of carbonyl (C=O) groups excluding carboxylic acids is 2. The molecule has 1 N–H and O–H groups in total. The van der Waals surface area contributed by atoms with Gasteiger partial charge >= 0.3 is 0 Å². The van der Waals surface area contributed by atoms with Crippen molar-refractivity contribution in [2.45, 2.75) is 6.92 Å². The van der Waals surface area contributed by atoms with Crippen LogP contribution in [0.25, 0.3) is 0 Å². The van der Waals surface area contributed by atoms with Crippen molar-refractivity contribution < 1.29 is 14.3 Å². The Morgan fingerprint density at radius 3 is 2.45 bits per heavy atom. The van der Waals surface area contributed by atoms with Gasteiger partial charge in [-0.05, 0) is 12.1 Å². The highest BCUT2D eigenvalue weighted by Crippen LogP contribution is 2.10. The quantitative estimate of drug-likeness (QED) is 0.799. The molecule has 2 rings (SSSR count). The van der Waals surface area contributed by atoms with Crippen LogP contribution in [-0.2, 0) is 9.53 Å². The predicted octanol–water partition coefficient (Wildman–Crippen LogP) is 0.444. The molecule has 0 aromatic carbocycles. The van der Waals surface area contributed by atoms with Crippen molar-refractivity contribution in [1.82, 2.24) is 14.8 Å². The van der Waals surface area contributed by atoms with Crippen molar-refractivity contribution in [3.05, 3.63) is 24.0 Å². The fourth-order valence-electron chi connectivity index (χ4n) is 2.31. The van der Waals surface area contributed by atoms with E-state index >= 15 is 0 Å². The second-order valence-electron chi connectivity index (χ2n) is 5.15. The molecule has 0 bridgehead atoms. The summed E-state index contributed by atoms with van der Waals surface area (Å²) >= 11 is 0. The number of pyridine rings is 1. The number of nitrogens with zero attached hydrogens (tertiary/aromatic N) is 3. The summed E-state index contributed by atoms with van der Waals surface area (Å²) in [5.74, 6) is -0.0386. The fraction of sp³-hybridized carbons (Fsp3) is 0.533. The molecule has 7 heteroatoms. The molecule has 1 aromatic heterocycles. The van der Waals surface area contributed by atoms with Crippen LogP contribution in [0.4, 0.5) is 5.69 Å². The molecule has 0 spiro atoms. The molecular formula is C15H22N4O3. The predicted molar refractivity (Wildman–Crippen MR) is 82.8 cm³/mol. The Kier molecular flexibility index (Phi) is 5.71. The Bertz CT molecular complexity index is 510. The topological polar surface area (TPSA) is 74.8 Å². The van der Waals surface area contributed by atoms with Gasteiger partial charge in [0.05, 0.1) is 18.5 Å². The van der Waals surface area contributed by atoms with Gasteiger partial charge in [-0.15, -0.1) is 0 Å². The molecule has 0 saturated carbocycles. The molecule has 2 heterocycles. The zero-order chi connectivity index (χ0) is 15.9. The van der Waals surface area contributed by atoms with E-state index < -0.39 is 0 Å².